The summed E-state index contributed by atoms with van der Waals surface area (Å²) >= 11 is 3.51. The number of nitrogens with two attached hydrogens (primary N) is 1. The standard InChI is InChI=1S/C16H21BrN2O.ClH/c1-10-5-6-12(14(17)7-10)16(20)19-8-11-3-2-4-15(18)13(11)9-19;/h5-7,11,13,15H,2-4,8-9,18H2,1H3;1H. The normalized spacial score (nSPS) is 28.0. The van der Waals surface area contributed by atoms with E-state index in [0.29, 0.717) is 11.8 Å². The van der Waals surface area contributed by atoms with Crippen LogP contribution in [-0.2, 0) is 0 Å². The average molecular weight is 374 g/mol. The van der Waals surface area contributed by atoms with Crippen LogP contribution in [0.4, 0.5) is 0 Å². The molecule has 2 aliphatic rings. The molecule has 1 amide bonds. The van der Waals surface area contributed by atoms with E-state index in [9.17, 15) is 4.79 Å². The molecular weight excluding hydrogens is 352 g/mol. The van der Waals surface area contributed by atoms with Gasteiger partial charge < -0.3 is 10.6 Å². The number of nitrogens with zero attached hydrogens (tertiary/aromatic N) is 1. The summed E-state index contributed by atoms with van der Waals surface area (Å²) in [6, 6.07) is 6.19. The Labute approximate surface area is 140 Å². The lowest BCUT2D eigenvalue weighted by molar-refractivity contribution is 0.0782. The van der Waals surface area contributed by atoms with Crippen molar-refractivity contribution in [3.63, 3.8) is 0 Å². The summed E-state index contributed by atoms with van der Waals surface area (Å²) < 4.78 is 0.890. The predicted octanol–water partition coefficient (Wildman–Crippen LogP) is 3.38. The number of fused-ring (bicyclic) bond motifs is 1. The third-order valence-electron chi connectivity index (χ3n) is 4.80. The van der Waals surface area contributed by atoms with Crippen LogP contribution in [0.5, 0.6) is 0 Å². The van der Waals surface area contributed by atoms with E-state index in [1.54, 1.807) is 0 Å². The number of carbonyl (C=O) groups is 1. The van der Waals surface area contributed by atoms with Gasteiger partial charge in [-0.1, -0.05) is 12.5 Å². The van der Waals surface area contributed by atoms with Crippen LogP contribution in [0.15, 0.2) is 22.7 Å². The van der Waals surface area contributed by atoms with Crippen molar-refractivity contribution in [3.8, 4) is 0 Å². The highest BCUT2D eigenvalue weighted by Gasteiger charge is 2.40. The SMILES string of the molecule is Cc1ccc(C(=O)N2CC3CCCC(N)C3C2)c(Br)c1.Cl. The van der Waals surface area contributed by atoms with Gasteiger partial charge in [0.1, 0.15) is 0 Å². The maximum atomic E-state index is 12.7. The molecule has 2 N–H and O–H groups in total. The molecule has 0 radical (unpaired) electrons. The van der Waals surface area contributed by atoms with E-state index < -0.39 is 0 Å². The van der Waals surface area contributed by atoms with Gasteiger partial charge in [-0.15, -0.1) is 12.4 Å². The Balaban J connectivity index is 0.00000161. The second kappa shape index (κ2) is 6.67. The number of hydrogen-bond donors (Lipinski definition) is 1. The third kappa shape index (κ3) is 3.27. The van der Waals surface area contributed by atoms with Crippen molar-refractivity contribution in [2.24, 2.45) is 17.6 Å². The number of benzene rings is 1. The Morgan fingerprint density at radius 3 is 2.76 bits per heavy atom. The molecule has 1 aliphatic heterocycles. The van der Waals surface area contributed by atoms with Crippen molar-refractivity contribution < 1.29 is 4.79 Å². The molecule has 1 saturated heterocycles. The summed E-state index contributed by atoms with van der Waals surface area (Å²) in [7, 11) is 0. The fraction of sp³-hybridized carbons (Fsp3) is 0.562. The van der Waals surface area contributed by atoms with E-state index in [4.69, 9.17) is 5.73 Å². The van der Waals surface area contributed by atoms with Crippen LogP contribution in [0.1, 0.15) is 35.2 Å². The first-order valence-corrected chi connectivity index (χ1v) is 8.16. The molecule has 1 heterocycles. The van der Waals surface area contributed by atoms with Gasteiger partial charge in [0.15, 0.2) is 0 Å². The maximum absolute atomic E-state index is 12.7. The van der Waals surface area contributed by atoms with Crippen molar-refractivity contribution >= 4 is 34.2 Å². The highest BCUT2D eigenvalue weighted by molar-refractivity contribution is 9.10. The number of rotatable bonds is 1. The van der Waals surface area contributed by atoms with Crippen molar-refractivity contribution in [2.75, 3.05) is 13.1 Å². The molecule has 0 aromatic heterocycles. The molecule has 116 valence electrons. The van der Waals surface area contributed by atoms with E-state index in [2.05, 4.69) is 15.9 Å². The molecule has 0 bridgehead atoms. The first kappa shape index (κ1) is 16.8. The van der Waals surface area contributed by atoms with Crippen LogP contribution < -0.4 is 5.73 Å². The first-order valence-electron chi connectivity index (χ1n) is 7.37. The second-order valence-corrected chi connectivity index (χ2v) is 7.07. The van der Waals surface area contributed by atoms with Gasteiger partial charge in [0.2, 0.25) is 0 Å². The quantitative estimate of drug-likeness (QED) is 0.820. The summed E-state index contributed by atoms with van der Waals surface area (Å²) in [6.07, 6.45) is 3.53. The number of amides is 1. The fourth-order valence-corrected chi connectivity index (χ4v) is 4.31. The number of hydrogen-bond acceptors (Lipinski definition) is 2. The zero-order valence-electron chi connectivity index (χ0n) is 12.2. The summed E-state index contributed by atoms with van der Waals surface area (Å²) in [5.74, 6) is 1.24. The molecule has 3 rings (SSSR count). The smallest absolute Gasteiger partial charge is 0.255 e. The number of likely N-dealkylation sites (tertiary alicyclic amines) is 1. The molecule has 1 saturated carbocycles. The highest BCUT2D eigenvalue weighted by Crippen LogP contribution is 2.36. The largest absolute Gasteiger partial charge is 0.338 e. The van der Waals surface area contributed by atoms with Crippen molar-refractivity contribution in [1.29, 1.82) is 0 Å². The van der Waals surface area contributed by atoms with E-state index in [-0.39, 0.29) is 24.4 Å². The van der Waals surface area contributed by atoms with Crippen LogP contribution in [0, 0.1) is 18.8 Å². The average Bonchev–Trinajstić information content (AvgIpc) is 2.83. The Bertz CT molecular complexity index is 537. The van der Waals surface area contributed by atoms with Gasteiger partial charge in [-0.3, -0.25) is 4.79 Å². The van der Waals surface area contributed by atoms with E-state index in [1.807, 2.05) is 30.0 Å². The molecule has 1 aliphatic carbocycles. The Morgan fingerprint density at radius 2 is 2.10 bits per heavy atom. The van der Waals surface area contributed by atoms with E-state index in [0.717, 1.165) is 35.1 Å². The third-order valence-corrected chi connectivity index (χ3v) is 5.45. The summed E-state index contributed by atoms with van der Waals surface area (Å²) in [6.45, 7) is 3.73. The maximum Gasteiger partial charge on any atom is 0.255 e. The molecule has 3 unspecified atom stereocenters. The Hall–Kier alpha value is -0.580. The molecular formula is C16H22BrClN2O. The molecule has 1 aromatic rings. The van der Waals surface area contributed by atoms with Gasteiger partial charge in [-0.05, 0) is 65.2 Å². The number of carbonyl (C=O) groups excluding carboxylic acids is 1. The summed E-state index contributed by atoms with van der Waals surface area (Å²) in [5, 5.41) is 0. The van der Waals surface area contributed by atoms with Crippen molar-refractivity contribution in [1.82, 2.24) is 4.90 Å². The van der Waals surface area contributed by atoms with Gasteiger partial charge in [0.25, 0.3) is 5.91 Å². The zero-order valence-corrected chi connectivity index (χ0v) is 14.6. The van der Waals surface area contributed by atoms with Crippen LogP contribution in [-0.4, -0.2) is 29.9 Å². The van der Waals surface area contributed by atoms with Gasteiger partial charge in [-0.2, -0.15) is 0 Å². The molecule has 21 heavy (non-hydrogen) atoms. The summed E-state index contributed by atoms with van der Waals surface area (Å²) in [5.41, 5.74) is 8.15. The zero-order chi connectivity index (χ0) is 14.3. The van der Waals surface area contributed by atoms with Crippen LogP contribution in [0.2, 0.25) is 0 Å². The topological polar surface area (TPSA) is 46.3 Å². The lowest BCUT2D eigenvalue weighted by Crippen LogP contribution is -2.38. The lowest BCUT2D eigenvalue weighted by atomic mass is 9.78. The molecule has 3 atom stereocenters. The highest BCUT2D eigenvalue weighted by atomic mass is 79.9. The number of aryl methyl sites for hydroxylation is 1. The first-order chi connectivity index (χ1) is 9.56. The summed E-state index contributed by atoms with van der Waals surface area (Å²) in [4.78, 5) is 14.7. The van der Waals surface area contributed by atoms with Crippen LogP contribution >= 0.6 is 28.3 Å². The minimum absolute atomic E-state index is 0. The molecule has 1 aromatic carbocycles. The van der Waals surface area contributed by atoms with Gasteiger partial charge >= 0.3 is 0 Å². The lowest BCUT2D eigenvalue weighted by Gasteiger charge is -2.29. The predicted molar refractivity (Wildman–Crippen MR) is 90.8 cm³/mol. The van der Waals surface area contributed by atoms with E-state index >= 15 is 0 Å². The molecule has 0 spiro atoms. The van der Waals surface area contributed by atoms with Crippen LogP contribution in [0.3, 0.4) is 0 Å². The van der Waals surface area contributed by atoms with Crippen LogP contribution in [0.25, 0.3) is 0 Å². The van der Waals surface area contributed by atoms with Crippen molar-refractivity contribution in [2.45, 2.75) is 32.2 Å². The monoisotopic (exact) mass is 372 g/mol. The van der Waals surface area contributed by atoms with Crippen molar-refractivity contribution in [3.05, 3.63) is 33.8 Å². The Morgan fingerprint density at radius 1 is 1.33 bits per heavy atom. The fourth-order valence-electron chi connectivity index (χ4n) is 3.65. The number of halogens is 2. The second-order valence-electron chi connectivity index (χ2n) is 6.21. The van der Waals surface area contributed by atoms with Gasteiger partial charge in [0.05, 0.1) is 5.56 Å². The minimum Gasteiger partial charge on any atom is -0.338 e. The van der Waals surface area contributed by atoms with Gasteiger partial charge in [0, 0.05) is 23.6 Å². The molecule has 2 fully saturated rings. The Kier molecular flexibility index (Phi) is 5.33. The van der Waals surface area contributed by atoms with Gasteiger partial charge in [-0.25, -0.2) is 0 Å². The molecule has 3 nitrogen and oxygen atoms in total. The van der Waals surface area contributed by atoms with E-state index in [1.165, 1.54) is 12.8 Å². The molecule has 5 heteroatoms. The minimum atomic E-state index is 0.